The zero-order valence-corrected chi connectivity index (χ0v) is 10.2. The first-order chi connectivity index (χ1) is 7.66. The molecular formula is C10H10ClN3OS. The number of thioether (sulfide) groups is 1. The smallest absolute Gasteiger partial charge is 0.273 e. The number of hydrogen-bond donors (Lipinski definition) is 1. The summed E-state index contributed by atoms with van der Waals surface area (Å²) in [5.74, 6) is 0.735. The van der Waals surface area contributed by atoms with Gasteiger partial charge in [-0.15, -0.1) is 5.10 Å². The highest BCUT2D eigenvalue weighted by molar-refractivity contribution is 7.98. The molecule has 84 valence electrons. The molecule has 16 heavy (non-hydrogen) atoms. The van der Waals surface area contributed by atoms with Gasteiger partial charge in [0.2, 0.25) is 0 Å². The van der Waals surface area contributed by atoms with Crippen LogP contribution in [0.2, 0.25) is 5.02 Å². The number of benzene rings is 1. The minimum absolute atomic E-state index is 0.200. The molecule has 0 fully saturated rings. The summed E-state index contributed by atoms with van der Waals surface area (Å²) < 4.78 is 1.48. The lowest BCUT2D eigenvalue weighted by Gasteiger charge is -2.00. The van der Waals surface area contributed by atoms with E-state index < -0.39 is 0 Å². The number of rotatable bonds is 3. The highest BCUT2D eigenvalue weighted by atomic mass is 35.5. The number of halogens is 1. The molecular weight excluding hydrogens is 246 g/mol. The van der Waals surface area contributed by atoms with Crippen LogP contribution < -0.4 is 5.69 Å². The molecule has 0 amide bonds. The second-order valence-corrected chi connectivity index (χ2v) is 4.67. The zero-order chi connectivity index (χ0) is 11.5. The van der Waals surface area contributed by atoms with E-state index in [0.717, 1.165) is 11.3 Å². The van der Waals surface area contributed by atoms with Crippen LogP contribution in [0.25, 0.3) is 0 Å². The van der Waals surface area contributed by atoms with Crippen molar-refractivity contribution >= 4 is 23.4 Å². The summed E-state index contributed by atoms with van der Waals surface area (Å²) in [5.41, 5.74) is 0.904. The predicted octanol–water partition coefficient (Wildman–Crippen LogP) is 2.05. The van der Waals surface area contributed by atoms with Crippen molar-refractivity contribution in [2.45, 2.75) is 10.9 Å². The van der Waals surface area contributed by atoms with Gasteiger partial charge in [-0.05, 0) is 17.7 Å². The molecule has 0 unspecified atom stereocenters. The number of hydrogen-bond acceptors (Lipinski definition) is 3. The van der Waals surface area contributed by atoms with Crippen LogP contribution in [0.4, 0.5) is 0 Å². The molecule has 0 spiro atoms. The minimum atomic E-state index is -0.200. The van der Waals surface area contributed by atoms with Crippen LogP contribution in [-0.4, -0.2) is 14.8 Å². The van der Waals surface area contributed by atoms with E-state index in [9.17, 15) is 4.79 Å². The van der Waals surface area contributed by atoms with Gasteiger partial charge in [0.1, 0.15) is 0 Å². The topological polar surface area (TPSA) is 50.7 Å². The Hall–Kier alpha value is -1.20. The lowest BCUT2D eigenvalue weighted by Crippen LogP contribution is -2.12. The molecule has 0 saturated heterocycles. The third kappa shape index (κ3) is 2.48. The largest absolute Gasteiger partial charge is 0.343 e. The molecule has 1 N–H and O–H groups in total. The number of nitrogens with one attached hydrogen (secondary N) is 1. The second-order valence-electron chi connectivity index (χ2n) is 3.29. The van der Waals surface area contributed by atoms with Crippen LogP contribution in [0.1, 0.15) is 5.56 Å². The zero-order valence-electron chi connectivity index (χ0n) is 8.61. The fourth-order valence-corrected chi connectivity index (χ4v) is 2.31. The van der Waals surface area contributed by atoms with Crippen molar-refractivity contribution in [1.29, 1.82) is 0 Å². The van der Waals surface area contributed by atoms with E-state index in [4.69, 9.17) is 11.6 Å². The van der Waals surface area contributed by atoms with Gasteiger partial charge in [0.15, 0.2) is 5.16 Å². The van der Waals surface area contributed by atoms with Gasteiger partial charge in [0, 0.05) is 17.8 Å². The summed E-state index contributed by atoms with van der Waals surface area (Å²) in [5, 5.41) is 7.69. The fourth-order valence-electron chi connectivity index (χ4n) is 1.24. The first-order valence-electron chi connectivity index (χ1n) is 4.65. The van der Waals surface area contributed by atoms with Gasteiger partial charge in [-0.2, -0.15) is 0 Å². The molecule has 1 heterocycles. The number of H-pyrrole nitrogens is 1. The molecule has 0 aliphatic rings. The summed E-state index contributed by atoms with van der Waals surface area (Å²) in [6, 6.07) is 7.63. The lowest BCUT2D eigenvalue weighted by molar-refractivity contribution is 0.766. The summed E-state index contributed by atoms with van der Waals surface area (Å²) in [6.07, 6.45) is 0. The predicted molar refractivity (Wildman–Crippen MR) is 64.8 cm³/mol. The van der Waals surface area contributed by atoms with Crippen LogP contribution in [0.15, 0.2) is 34.2 Å². The maximum atomic E-state index is 11.1. The number of nitrogens with zero attached hydrogens (tertiary/aromatic N) is 2. The van der Waals surface area contributed by atoms with Crippen molar-refractivity contribution < 1.29 is 0 Å². The van der Waals surface area contributed by atoms with Crippen molar-refractivity contribution in [2.75, 3.05) is 0 Å². The Kier molecular flexibility index (Phi) is 3.36. The van der Waals surface area contributed by atoms with E-state index in [2.05, 4.69) is 10.2 Å². The summed E-state index contributed by atoms with van der Waals surface area (Å²) in [7, 11) is 1.69. The SMILES string of the molecule is Cn1c(SCc2cccc(Cl)c2)n[nH]c1=O. The molecule has 1 aromatic carbocycles. The van der Waals surface area contributed by atoms with Crippen molar-refractivity contribution in [3.05, 3.63) is 45.3 Å². The minimum Gasteiger partial charge on any atom is -0.273 e. The molecule has 6 heteroatoms. The first kappa shape index (κ1) is 11.3. The molecule has 2 rings (SSSR count). The summed E-state index contributed by atoms with van der Waals surface area (Å²) in [4.78, 5) is 11.1. The Morgan fingerprint density at radius 2 is 2.38 bits per heavy atom. The Bertz CT molecular complexity index is 549. The fraction of sp³-hybridized carbons (Fsp3) is 0.200. The van der Waals surface area contributed by atoms with Crippen molar-refractivity contribution in [2.24, 2.45) is 7.05 Å². The van der Waals surface area contributed by atoms with Gasteiger partial charge < -0.3 is 0 Å². The highest BCUT2D eigenvalue weighted by Crippen LogP contribution is 2.20. The Morgan fingerprint density at radius 3 is 3.00 bits per heavy atom. The van der Waals surface area contributed by atoms with E-state index in [1.54, 1.807) is 7.05 Å². The molecule has 4 nitrogen and oxygen atoms in total. The third-order valence-corrected chi connectivity index (χ3v) is 3.43. The molecule has 0 radical (unpaired) electrons. The van der Waals surface area contributed by atoms with E-state index in [1.807, 2.05) is 24.3 Å². The molecule has 0 aliphatic heterocycles. The van der Waals surface area contributed by atoms with Gasteiger partial charge in [0.05, 0.1) is 0 Å². The first-order valence-corrected chi connectivity index (χ1v) is 6.02. The summed E-state index contributed by atoms with van der Waals surface area (Å²) in [6.45, 7) is 0. The summed E-state index contributed by atoms with van der Waals surface area (Å²) >= 11 is 7.37. The van der Waals surface area contributed by atoms with Gasteiger partial charge in [-0.3, -0.25) is 4.57 Å². The lowest BCUT2D eigenvalue weighted by atomic mass is 10.2. The Balaban J connectivity index is 2.08. The van der Waals surface area contributed by atoms with Gasteiger partial charge in [-0.25, -0.2) is 9.89 Å². The maximum Gasteiger partial charge on any atom is 0.343 e. The Morgan fingerprint density at radius 1 is 1.56 bits per heavy atom. The molecule has 0 bridgehead atoms. The van der Waals surface area contributed by atoms with E-state index in [0.29, 0.717) is 10.2 Å². The average Bonchev–Trinajstić information content (AvgIpc) is 2.57. The van der Waals surface area contributed by atoms with Crippen molar-refractivity contribution in [3.8, 4) is 0 Å². The van der Waals surface area contributed by atoms with Crippen molar-refractivity contribution in [3.63, 3.8) is 0 Å². The monoisotopic (exact) mass is 255 g/mol. The van der Waals surface area contributed by atoms with Crippen LogP contribution in [0.5, 0.6) is 0 Å². The van der Waals surface area contributed by atoms with Gasteiger partial charge in [0.25, 0.3) is 0 Å². The normalized spacial score (nSPS) is 10.6. The standard InChI is InChI=1S/C10H10ClN3OS/c1-14-9(15)12-13-10(14)16-6-7-3-2-4-8(11)5-7/h2-5H,6H2,1H3,(H,12,15). The number of aromatic amines is 1. The van der Waals surface area contributed by atoms with E-state index in [1.165, 1.54) is 16.3 Å². The maximum absolute atomic E-state index is 11.1. The molecule has 0 atom stereocenters. The van der Waals surface area contributed by atoms with Crippen LogP contribution in [0, 0.1) is 0 Å². The van der Waals surface area contributed by atoms with E-state index >= 15 is 0 Å². The molecule has 1 aromatic heterocycles. The van der Waals surface area contributed by atoms with E-state index in [-0.39, 0.29) is 5.69 Å². The molecule has 0 saturated carbocycles. The molecule has 2 aromatic rings. The van der Waals surface area contributed by atoms with Crippen molar-refractivity contribution in [1.82, 2.24) is 14.8 Å². The van der Waals surface area contributed by atoms with Crippen LogP contribution in [-0.2, 0) is 12.8 Å². The quantitative estimate of drug-likeness (QED) is 0.854. The van der Waals surface area contributed by atoms with Gasteiger partial charge >= 0.3 is 5.69 Å². The number of aromatic nitrogens is 3. The second kappa shape index (κ2) is 4.76. The third-order valence-electron chi connectivity index (χ3n) is 2.10. The Labute approximate surface area is 102 Å². The van der Waals surface area contributed by atoms with Gasteiger partial charge in [-0.1, -0.05) is 35.5 Å². The molecule has 0 aliphatic carbocycles. The van der Waals surface area contributed by atoms with Crippen LogP contribution in [0.3, 0.4) is 0 Å². The highest BCUT2D eigenvalue weighted by Gasteiger charge is 2.04. The van der Waals surface area contributed by atoms with Crippen LogP contribution >= 0.6 is 23.4 Å². The average molecular weight is 256 g/mol.